The van der Waals surface area contributed by atoms with Gasteiger partial charge in [0.1, 0.15) is 17.0 Å². The van der Waals surface area contributed by atoms with E-state index in [0.717, 1.165) is 11.3 Å². The standard InChI is InChI=1S/C18H22N4O3/c1-11-8-13(21-25-11)10-22(5)17(23)19-12-6-7-15-14(9-12)20-16(24-15)18(2,3)4/h6-9H,10H2,1-5H3,(H,19,23). The lowest BCUT2D eigenvalue weighted by molar-refractivity contribution is 0.219. The van der Waals surface area contributed by atoms with Crippen LogP contribution in [0.3, 0.4) is 0 Å². The van der Waals surface area contributed by atoms with E-state index in [-0.39, 0.29) is 11.4 Å². The van der Waals surface area contributed by atoms with Gasteiger partial charge in [0.2, 0.25) is 5.89 Å². The normalized spacial score (nSPS) is 11.7. The molecule has 0 fully saturated rings. The van der Waals surface area contributed by atoms with E-state index in [1.165, 1.54) is 4.90 Å². The molecule has 2 heterocycles. The first-order chi connectivity index (χ1) is 11.7. The molecule has 0 saturated carbocycles. The fourth-order valence-corrected chi connectivity index (χ4v) is 2.35. The third-order valence-corrected chi connectivity index (χ3v) is 3.70. The maximum absolute atomic E-state index is 12.3. The molecule has 132 valence electrons. The zero-order chi connectivity index (χ0) is 18.2. The highest BCUT2D eigenvalue weighted by molar-refractivity contribution is 5.91. The third-order valence-electron chi connectivity index (χ3n) is 3.70. The summed E-state index contributed by atoms with van der Waals surface area (Å²) in [4.78, 5) is 18.4. The SMILES string of the molecule is Cc1cc(CN(C)C(=O)Nc2ccc3oc(C(C)(C)C)nc3c2)no1. The van der Waals surface area contributed by atoms with Crippen molar-refractivity contribution in [3.8, 4) is 0 Å². The van der Waals surface area contributed by atoms with E-state index in [1.54, 1.807) is 25.2 Å². The number of rotatable bonds is 3. The second-order valence-electron chi connectivity index (χ2n) is 7.17. The molecule has 1 aromatic carbocycles. The van der Waals surface area contributed by atoms with Crippen molar-refractivity contribution in [3.63, 3.8) is 0 Å². The number of fused-ring (bicyclic) bond motifs is 1. The van der Waals surface area contributed by atoms with Crippen LogP contribution in [-0.4, -0.2) is 28.1 Å². The van der Waals surface area contributed by atoms with Crippen LogP contribution in [0, 0.1) is 6.92 Å². The van der Waals surface area contributed by atoms with Crippen LogP contribution >= 0.6 is 0 Å². The van der Waals surface area contributed by atoms with Crippen LogP contribution < -0.4 is 5.32 Å². The summed E-state index contributed by atoms with van der Waals surface area (Å²) < 4.78 is 10.8. The summed E-state index contributed by atoms with van der Waals surface area (Å²) in [5.74, 6) is 1.39. The minimum absolute atomic E-state index is 0.168. The molecule has 7 heteroatoms. The molecular weight excluding hydrogens is 320 g/mol. The Bertz CT molecular complexity index is 905. The second-order valence-corrected chi connectivity index (χ2v) is 7.17. The zero-order valence-electron chi connectivity index (χ0n) is 15.1. The maximum Gasteiger partial charge on any atom is 0.321 e. The Balaban J connectivity index is 1.72. The van der Waals surface area contributed by atoms with Gasteiger partial charge in [-0.1, -0.05) is 25.9 Å². The molecule has 0 aliphatic rings. The van der Waals surface area contributed by atoms with E-state index in [2.05, 4.69) is 15.5 Å². The highest BCUT2D eigenvalue weighted by Gasteiger charge is 2.21. The Kier molecular flexibility index (Phi) is 4.24. The number of hydrogen-bond acceptors (Lipinski definition) is 5. The lowest BCUT2D eigenvalue weighted by Gasteiger charge is -2.16. The maximum atomic E-state index is 12.3. The highest BCUT2D eigenvalue weighted by Crippen LogP contribution is 2.27. The number of benzene rings is 1. The quantitative estimate of drug-likeness (QED) is 0.775. The molecule has 0 radical (unpaired) electrons. The lowest BCUT2D eigenvalue weighted by Crippen LogP contribution is -2.30. The molecule has 0 bridgehead atoms. The van der Waals surface area contributed by atoms with Gasteiger partial charge in [0.25, 0.3) is 0 Å². The van der Waals surface area contributed by atoms with Gasteiger partial charge in [-0.15, -0.1) is 0 Å². The first kappa shape index (κ1) is 17.0. The average Bonchev–Trinajstić information content (AvgIpc) is 3.12. The number of oxazole rings is 1. The van der Waals surface area contributed by atoms with E-state index < -0.39 is 0 Å². The number of anilines is 1. The molecular formula is C18H22N4O3. The Morgan fingerprint density at radius 3 is 2.68 bits per heavy atom. The van der Waals surface area contributed by atoms with Gasteiger partial charge in [-0.05, 0) is 25.1 Å². The van der Waals surface area contributed by atoms with Gasteiger partial charge in [0, 0.05) is 24.2 Å². The Hall–Kier alpha value is -2.83. The molecule has 2 amide bonds. The van der Waals surface area contributed by atoms with Crippen molar-refractivity contribution < 1.29 is 13.7 Å². The summed E-state index contributed by atoms with van der Waals surface area (Å²) in [5, 5.41) is 6.75. The Morgan fingerprint density at radius 2 is 2.04 bits per heavy atom. The number of nitrogens with one attached hydrogen (secondary N) is 1. The molecule has 0 unspecified atom stereocenters. The van der Waals surface area contributed by atoms with E-state index in [1.807, 2.05) is 33.8 Å². The molecule has 2 aromatic heterocycles. The number of urea groups is 1. The van der Waals surface area contributed by atoms with Crippen LogP contribution in [0.25, 0.3) is 11.1 Å². The van der Waals surface area contributed by atoms with E-state index in [9.17, 15) is 4.79 Å². The summed E-state index contributed by atoms with van der Waals surface area (Å²) in [6, 6.07) is 6.99. The van der Waals surface area contributed by atoms with Crippen molar-refractivity contribution in [2.75, 3.05) is 12.4 Å². The largest absolute Gasteiger partial charge is 0.440 e. The number of nitrogens with zero attached hydrogens (tertiary/aromatic N) is 3. The van der Waals surface area contributed by atoms with Crippen molar-refractivity contribution in [1.82, 2.24) is 15.0 Å². The number of amides is 2. The van der Waals surface area contributed by atoms with Gasteiger partial charge in [-0.25, -0.2) is 9.78 Å². The summed E-state index contributed by atoms with van der Waals surface area (Å²) in [7, 11) is 1.70. The molecule has 1 N–H and O–H groups in total. The lowest BCUT2D eigenvalue weighted by atomic mass is 9.97. The van der Waals surface area contributed by atoms with Crippen LogP contribution in [0.15, 0.2) is 33.2 Å². The summed E-state index contributed by atoms with van der Waals surface area (Å²) >= 11 is 0. The summed E-state index contributed by atoms with van der Waals surface area (Å²) in [6.45, 7) is 8.31. The fourth-order valence-electron chi connectivity index (χ4n) is 2.35. The first-order valence-corrected chi connectivity index (χ1v) is 8.08. The minimum atomic E-state index is -0.237. The topological polar surface area (TPSA) is 84.4 Å². The third kappa shape index (κ3) is 3.81. The molecule has 0 saturated heterocycles. The van der Waals surface area contributed by atoms with Crippen molar-refractivity contribution in [2.45, 2.75) is 39.7 Å². The van der Waals surface area contributed by atoms with Crippen LogP contribution in [0.5, 0.6) is 0 Å². The number of aryl methyl sites for hydroxylation is 1. The molecule has 0 atom stereocenters. The number of carbonyl (C=O) groups is 1. The predicted molar refractivity (Wildman–Crippen MR) is 94.4 cm³/mol. The zero-order valence-corrected chi connectivity index (χ0v) is 15.1. The second kappa shape index (κ2) is 6.23. The van der Waals surface area contributed by atoms with Crippen LogP contribution in [0.4, 0.5) is 10.5 Å². The first-order valence-electron chi connectivity index (χ1n) is 8.08. The number of aromatic nitrogens is 2. The van der Waals surface area contributed by atoms with E-state index in [0.29, 0.717) is 29.4 Å². The monoisotopic (exact) mass is 342 g/mol. The van der Waals surface area contributed by atoms with Crippen molar-refractivity contribution in [3.05, 3.63) is 41.6 Å². The Morgan fingerprint density at radius 1 is 1.28 bits per heavy atom. The van der Waals surface area contributed by atoms with Gasteiger partial charge in [0.05, 0.1) is 6.54 Å². The fraction of sp³-hybridized carbons (Fsp3) is 0.389. The van der Waals surface area contributed by atoms with Crippen LogP contribution in [-0.2, 0) is 12.0 Å². The van der Waals surface area contributed by atoms with Gasteiger partial charge < -0.3 is 19.2 Å². The van der Waals surface area contributed by atoms with Gasteiger partial charge in [0.15, 0.2) is 5.58 Å². The van der Waals surface area contributed by atoms with Crippen molar-refractivity contribution in [2.24, 2.45) is 0 Å². The molecule has 0 aliphatic carbocycles. The van der Waals surface area contributed by atoms with Gasteiger partial charge in [-0.3, -0.25) is 0 Å². The van der Waals surface area contributed by atoms with Gasteiger partial charge in [-0.2, -0.15) is 0 Å². The van der Waals surface area contributed by atoms with E-state index >= 15 is 0 Å². The predicted octanol–water partition coefficient (Wildman–Crippen LogP) is 4.09. The van der Waals surface area contributed by atoms with E-state index in [4.69, 9.17) is 8.94 Å². The summed E-state index contributed by atoms with van der Waals surface area (Å²) in [6.07, 6.45) is 0. The molecule has 25 heavy (non-hydrogen) atoms. The van der Waals surface area contributed by atoms with Crippen molar-refractivity contribution >= 4 is 22.8 Å². The average molecular weight is 342 g/mol. The van der Waals surface area contributed by atoms with Gasteiger partial charge >= 0.3 is 6.03 Å². The molecule has 3 aromatic rings. The Labute approximate surface area is 146 Å². The number of hydrogen-bond donors (Lipinski definition) is 1. The molecule has 7 nitrogen and oxygen atoms in total. The molecule has 3 rings (SSSR count). The molecule has 0 spiro atoms. The smallest absolute Gasteiger partial charge is 0.321 e. The van der Waals surface area contributed by atoms with Crippen LogP contribution in [0.1, 0.15) is 38.1 Å². The van der Waals surface area contributed by atoms with Crippen LogP contribution in [0.2, 0.25) is 0 Å². The molecule has 0 aliphatic heterocycles. The summed E-state index contributed by atoms with van der Waals surface area (Å²) in [5.41, 5.74) is 2.62. The highest BCUT2D eigenvalue weighted by atomic mass is 16.5. The minimum Gasteiger partial charge on any atom is -0.440 e. The number of carbonyl (C=O) groups excluding carboxylic acids is 1. The van der Waals surface area contributed by atoms with Crippen molar-refractivity contribution in [1.29, 1.82) is 0 Å².